The molecule has 5 heteroatoms. The molecule has 76 valence electrons. The van der Waals surface area contributed by atoms with E-state index in [1.807, 2.05) is 0 Å². The smallest absolute Gasteiger partial charge is 0.330 e. The molecule has 5 nitrogen and oxygen atoms in total. The van der Waals surface area contributed by atoms with Gasteiger partial charge in [-0.25, -0.2) is 9.59 Å². The van der Waals surface area contributed by atoms with Crippen molar-refractivity contribution < 1.29 is 24.9 Å². The summed E-state index contributed by atoms with van der Waals surface area (Å²) in [6.45, 7) is 9.82. The minimum atomic E-state index is -1.19. The van der Waals surface area contributed by atoms with E-state index in [1.54, 1.807) is 0 Å². The van der Waals surface area contributed by atoms with Crippen LogP contribution in [0.1, 0.15) is 6.92 Å². The average Bonchev–Trinajstić information content (AvgIpc) is 2.09. The summed E-state index contributed by atoms with van der Waals surface area (Å²) in [5, 5.41) is 22.9. The Hall–Kier alpha value is -1.62. The highest BCUT2D eigenvalue weighted by atomic mass is 16.4. The van der Waals surface area contributed by atoms with Gasteiger partial charge in [0.05, 0.1) is 0 Å². The van der Waals surface area contributed by atoms with E-state index in [0.717, 1.165) is 0 Å². The van der Waals surface area contributed by atoms with Gasteiger partial charge in [0, 0.05) is 5.57 Å². The monoisotopic (exact) mass is 190 g/mol. The van der Waals surface area contributed by atoms with E-state index >= 15 is 0 Å². The SMILES string of the molecule is C=C.C=C(C)C(=O)O.O=C(O)CO. The fourth-order valence-electron chi connectivity index (χ4n) is 0. The lowest BCUT2D eigenvalue weighted by Gasteiger charge is -1.79. The largest absolute Gasteiger partial charge is 0.480 e. The minimum Gasteiger partial charge on any atom is -0.480 e. The Balaban J connectivity index is -0.000000131. The first-order valence-electron chi connectivity index (χ1n) is 3.13. The van der Waals surface area contributed by atoms with Crippen LogP contribution in [0.15, 0.2) is 25.3 Å². The van der Waals surface area contributed by atoms with Gasteiger partial charge in [0.25, 0.3) is 0 Å². The van der Waals surface area contributed by atoms with Crippen molar-refractivity contribution in [2.75, 3.05) is 6.61 Å². The summed E-state index contributed by atoms with van der Waals surface area (Å²) < 4.78 is 0. The van der Waals surface area contributed by atoms with Gasteiger partial charge in [-0.05, 0) is 6.92 Å². The first kappa shape index (κ1) is 17.5. The van der Waals surface area contributed by atoms with Crippen LogP contribution in [0.5, 0.6) is 0 Å². The van der Waals surface area contributed by atoms with Gasteiger partial charge >= 0.3 is 11.9 Å². The van der Waals surface area contributed by atoms with Gasteiger partial charge in [-0.2, -0.15) is 0 Å². The maximum Gasteiger partial charge on any atom is 0.330 e. The van der Waals surface area contributed by atoms with Crippen LogP contribution in [0.3, 0.4) is 0 Å². The first-order chi connectivity index (χ1) is 5.91. The number of rotatable bonds is 2. The molecule has 0 radical (unpaired) electrons. The van der Waals surface area contributed by atoms with Crippen molar-refractivity contribution in [3.8, 4) is 0 Å². The number of hydrogen-bond donors (Lipinski definition) is 3. The highest BCUT2D eigenvalue weighted by Crippen LogP contribution is 1.81. The van der Waals surface area contributed by atoms with E-state index in [2.05, 4.69) is 19.7 Å². The normalized spacial score (nSPS) is 6.62. The van der Waals surface area contributed by atoms with Gasteiger partial charge in [-0.15, -0.1) is 13.2 Å². The number of hydrogen-bond acceptors (Lipinski definition) is 3. The predicted molar refractivity (Wildman–Crippen MR) is 48.4 cm³/mol. The lowest BCUT2D eigenvalue weighted by atomic mass is 10.4. The molecule has 0 fully saturated rings. The third kappa shape index (κ3) is 38.0. The molecule has 0 aromatic rings. The molecule has 0 spiro atoms. The summed E-state index contributed by atoms with van der Waals surface area (Å²) >= 11 is 0. The highest BCUT2D eigenvalue weighted by Gasteiger charge is 1.90. The minimum absolute atomic E-state index is 0.176. The zero-order chi connectivity index (χ0) is 11.4. The molecular weight excluding hydrogens is 176 g/mol. The number of aliphatic hydroxyl groups excluding tert-OH is 1. The van der Waals surface area contributed by atoms with Gasteiger partial charge in [-0.3, -0.25) is 0 Å². The quantitative estimate of drug-likeness (QED) is 0.435. The number of carboxylic acids is 2. The molecule has 0 atom stereocenters. The Morgan fingerprint density at radius 1 is 1.23 bits per heavy atom. The third-order valence-corrected chi connectivity index (χ3v) is 0.500. The molecule has 0 aliphatic heterocycles. The Kier molecular flexibility index (Phi) is 17.5. The molecule has 13 heavy (non-hydrogen) atoms. The fraction of sp³-hybridized carbons (Fsp3) is 0.250. The van der Waals surface area contributed by atoms with Crippen LogP contribution >= 0.6 is 0 Å². The van der Waals surface area contributed by atoms with Crippen LogP contribution in [0, 0.1) is 0 Å². The average molecular weight is 190 g/mol. The zero-order valence-corrected chi connectivity index (χ0v) is 7.49. The van der Waals surface area contributed by atoms with Crippen LogP contribution < -0.4 is 0 Å². The molecule has 0 saturated heterocycles. The van der Waals surface area contributed by atoms with Crippen LogP contribution in [-0.4, -0.2) is 33.9 Å². The second-order valence-corrected chi connectivity index (χ2v) is 1.64. The molecule has 0 rings (SSSR count). The van der Waals surface area contributed by atoms with Gasteiger partial charge in [0.1, 0.15) is 6.61 Å². The zero-order valence-electron chi connectivity index (χ0n) is 7.49. The van der Waals surface area contributed by atoms with E-state index in [4.69, 9.17) is 20.1 Å². The summed E-state index contributed by atoms with van der Waals surface area (Å²) in [4.78, 5) is 18.7. The molecule has 0 bridgehead atoms. The standard InChI is InChI=1S/C4H6O2.C2H4O3.C2H4/c1-3(2)4(5)6;3-1-2(4)5;1-2/h1H2,2H3,(H,5,6);3H,1H2,(H,4,5);1-2H2. The van der Waals surface area contributed by atoms with Crippen molar-refractivity contribution in [2.45, 2.75) is 6.92 Å². The highest BCUT2D eigenvalue weighted by molar-refractivity contribution is 5.84. The molecule has 0 saturated carbocycles. The molecular formula is C8H14O5. The summed E-state index contributed by atoms with van der Waals surface area (Å²) in [5.74, 6) is -2.12. The predicted octanol–water partition coefficient (Wildman–Crippen LogP) is 0.513. The number of carboxylic acid groups (broad SMARTS) is 2. The van der Waals surface area contributed by atoms with E-state index in [-0.39, 0.29) is 5.57 Å². The summed E-state index contributed by atoms with van der Waals surface area (Å²) in [6.07, 6.45) is 0. The third-order valence-electron chi connectivity index (χ3n) is 0.500. The van der Waals surface area contributed by atoms with E-state index in [9.17, 15) is 4.79 Å². The van der Waals surface area contributed by atoms with Crippen molar-refractivity contribution in [3.63, 3.8) is 0 Å². The van der Waals surface area contributed by atoms with E-state index < -0.39 is 18.5 Å². The Morgan fingerprint density at radius 2 is 1.38 bits per heavy atom. The van der Waals surface area contributed by atoms with Crippen LogP contribution in [-0.2, 0) is 9.59 Å². The molecule has 3 N–H and O–H groups in total. The van der Waals surface area contributed by atoms with Gasteiger partial charge in [0.15, 0.2) is 0 Å². The van der Waals surface area contributed by atoms with Gasteiger partial charge in [-0.1, -0.05) is 6.58 Å². The van der Waals surface area contributed by atoms with Crippen LogP contribution in [0.4, 0.5) is 0 Å². The summed E-state index contributed by atoms with van der Waals surface area (Å²) in [6, 6.07) is 0. The molecule has 0 aromatic heterocycles. The number of aliphatic hydroxyl groups is 1. The maximum atomic E-state index is 9.60. The second-order valence-electron chi connectivity index (χ2n) is 1.64. The molecule has 0 amide bonds. The van der Waals surface area contributed by atoms with E-state index in [0.29, 0.717) is 0 Å². The first-order valence-corrected chi connectivity index (χ1v) is 3.13. The van der Waals surface area contributed by atoms with Gasteiger partial charge in [0.2, 0.25) is 0 Å². The molecule has 0 unspecified atom stereocenters. The van der Waals surface area contributed by atoms with E-state index in [1.165, 1.54) is 6.92 Å². The fourth-order valence-corrected chi connectivity index (χ4v) is 0. The number of carbonyl (C=O) groups is 2. The second kappa shape index (κ2) is 13.0. The van der Waals surface area contributed by atoms with Crippen LogP contribution in [0.2, 0.25) is 0 Å². The summed E-state index contributed by atoms with van der Waals surface area (Å²) in [7, 11) is 0. The molecule has 0 aromatic carbocycles. The lowest BCUT2D eigenvalue weighted by molar-refractivity contribution is -0.140. The lowest BCUT2D eigenvalue weighted by Crippen LogP contribution is -1.98. The Bertz CT molecular complexity index is 161. The van der Waals surface area contributed by atoms with Crippen molar-refractivity contribution in [2.24, 2.45) is 0 Å². The Morgan fingerprint density at radius 3 is 1.38 bits per heavy atom. The van der Waals surface area contributed by atoms with Crippen molar-refractivity contribution >= 4 is 11.9 Å². The molecule has 0 heterocycles. The number of aliphatic carboxylic acids is 2. The topological polar surface area (TPSA) is 94.8 Å². The van der Waals surface area contributed by atoms with Crippen molar-refractivity contribution in [1.29, 1.82) is 0 Å². The van der Waals surface area contributed by atoms with Gasteiger partial charge < -0.3 is 15.3 Å². The van der Waals surface area contributed by atoms with Crippen molar-refractivity contribution in [1.82, 2.24) is 0 Å². The summed E-state index contributed by atoms with van der Waals surface area (Å²) in [5.41, 5.74) is 0.176. The maximum absolute atomic E-state index is 9.60. The molecule has 0 aliphatic rings. The van der Waals surface area contributed by atoms with Crippen LogP contribution in [0.25, 0.3) is 0 Å². The Labute approximate surface area is 76.6 Å². The molecule has 0 aliphatic carbocycles. The van der Waals surface area contributed by atoms with Crippen molar-refractivity contribution in [3.05, 3.63) is 25.3 Å².